The van der Waals surface area contributed by atoms with Gasteiger partial charge in [0.1, 0.15) is 0 Å². The summed E-state index contributed by atoms with van der Waals surface area (Å²) in [7, 11) is 0. The summed E-state index contributed by atoms with van der Waals surface area (Å²) in [4.78, 5) is 18.7. The fourth-order valence-corrected chi connectivity index (χ4v) is 3.53. The van der Waals surface area contributed by atoms with Gasteiger partial charge in [-0.1, -0.05) is 24.6 Å². The first-order valence-corrected chi connectivity index (χ1v) is 9.56. The van der Waals surface area contributed by atoms with E-state index in [0.29, 0.717) is 19.1 Å². The Bertz CT molecular complexity index is 685. The molecule has 0 saturated carbocycles. The second kappa shape index (κ2) is 9.38. The molecule has 1 aromatic carbocycles. The molecule has 2 heterocycles. The second-order valence-electron chi connectivity index (χ2n) is 6.94. The van der Waals surface area contributed by atoms with E-state index in [1.807, 2.05) is 35.0 Å². The molecule has 1 atom stereocenters. The van der Waals surface area contributed by atoms with Gasteiger partial charge in [-0.25, -0.2) is 9.78 Å². The zero-order chi connectivity index (χ0) is 18.2. The Morgan fingerprint density at radius 3 is 2.96 bits per heavy atom. The van der Waals surface area contributed by atoms with Crippen molar-refractivity contribution in [1.82, 2.24) is 25.1 Å². The maximum absolute atomic E-state index is 12.1. The summed E-state index contributed by atoms with van der Waals surface area (Å²) in [5.41, 5.74) is 2.09. The van der Waals surface area contributed by atoms with Crippen LogP contribution >= 0.6 is 0 Å². The Balaban J connectivity index is 1.39. The number of likely N-dealkylation sites (tertiary alicyclic amines) is 1. The minimum atomic E-state index is -0.114. The van der Waals surface area contributed by atoms with Crippen LogP contribution in [0.4, 0.5) is 4.79 Å². The van der Waals surface area contributed by atoms with Gasteiger partial charge < -0.3 is 20.1 Å². The number of rotatable bonds is 7. The van der Waals surface area contributed by atoms with Crippen molar-refractivity contribution in [3.63, 3.8) is 0 Å². The highest BCUT2D eigenvalue weighted by Crippen LogP contribution is 2.16. The smallest absolute Gasteiger partial charge is 0.315 e. The average Bonchev–Trinajstić information content (AvgIpc) is 3.20. The number of amides is 2. The summed E-state index contributed by atoms with van der Waals surface area (Å²) in [6.45, 7) is 5.75. The van der Waals surface area contributed by atoms with E-state index in [0.717, 1.165) is 24.2 Å². The van der Waals surface area contributed by atoms with Crippen LogP contribution < -0.4 is 10.6 Å². The van der Waals surface area contributed by atoms with Gasteiger partial charge in [0.25, 0.3) is 0 Å². The van der Waals surface area contributed by atoms with E-state index in [9.17, 15) is 4.79 Å². The number of piperidine rings is 1. The predicted octanol–water partition coefficient (Wildman–Crippen LogP) is 2.94. The number of aromatic nitrogens is 2. The Kier molecular flexibility index (Phi) is 6.66. The van der Waals surface area contributed by atoms with Gasteiger partial charge in [0.15, 0.2) is 0 Å². The molecule has 6 heteroatoms. The number of hydrogen-bond donors (Lipinski definition) is 2. The third-order valence-corrected chi connectivity index (χ3v) is 5.06. The van der Waals surface area contributed by atoms with Crippen molar-refractivity contribution in [1.29, 1.82) is 0 Å². The number of nitrogens with zero attached hydrogens (tertiary/aromatic N) is 3. The highest BCUT2D eigenvalue weighted by atomic mass is 16.2. The van der Waals surface area contributed by atoms with Gasteiger partial charge in [0, 0.05) is 38.1 Å². The summed E-state index contributed by atoms with van der Waals surface area (Å²) in [6.07, 6.45) is 10.3. The van der Waals surface area contributed by atoms with Crippen LogP contribution in [0.5, 0.6) is 0 Å². The van der Waals surface area contributed by atoms with Gasteiger partial charge in [0.05, 0.1) is 12.0 Å². The number of benzene rings is 1. The molecule has 6 nitrogen and oxygen atoms in total. The summed E-state index contributed by atoms with van der Waals surface area (Å²) in [5.74, 6) is 0. The highest BCUT2D eigenvalue weighted by Gasteiger charge is 2.17. The Hall–Kier alpha value is -2.34. The number of urea groups is 1. The van der Waals surface area contributed by atoms with Crippen molar-refractivity contribution in [2.24, 2.45) is 0 Å². The average molecular weight is 355 g/mol. The van der Waals surface area contributed by atoms with Crippen LogP contribution in [0, 0.1) is 0 Å². The molecule has 1 saturated heterocycles. The zero-order valence-electron chi connectivity index (χ0n) is 15.5. The van der Waals surface area contributed by atoms with Gasteiger partial charge in [0.2, 0.25) is 0 Å². The summed E-state index contributed by atoms with van der Waals surface area (Å²) in [6, 6.07) is 8.58. The van der Waals surface area contributed by atoms with Gasteiger partial charge >= 0.3 is 6.03 Å². The normalized spacial score (nSPS) is 17.8. The summed E-state index contributed by atoms with van der Waals surface area (Å²) >= 11 is 0. The maximum Gasteiger partial charge on any atom is 0.315 e. The summed E-state index contributed by atoms with van der Waals surface area (Å²) in [5, 5.41) is 5.92. The van der Waals surface area contributed by atoms with Gasteiger partial charge in [-0.2, -0.15) is 0 Å². The minimum Gasteiger partial charge on any atom is -0.338 e. The molecule has 140 valence electrons. The molecule has 0 bridgehead atoms. The molecular weight excluding hydrogens is 326 g/mol. The Morgan fingerprint density at radius 2 is 2.15 bits per heavy atom. The van der Waals surface area contributed by atoms with Crippen LogP contribution in [0.2, 0.25) is 0 Å². The van der Waals surface area contributed by atoms with Crippen LogP contribution in [-0.4, -0.2) is 46.2 Å². The molecule has 2 aromatic rings. The molecular formula is C20H29N5O. The van der Waals surface area contributed by atoms with Crippen molar-refractivity contribution in [2.75, 3.05) is 19.6 Å². The van der Waals surface area contributed by atoms with E-state index in [2.05, 4.69) is 27.4 Å². The van der Waals surface area contributed by atoms with Crippen molar-refractivity contribution in [2.45, 2.75) is 45.2 Å². The first-order chi connectivity index (χ1) is 12.7. The lowest BCUT2D eigenvalue weighted by Gasteiger charge is -2.33. The van der Waals surface area contributed by atoms with E-state index < -0.39 is 0 Å². The maximum atomic E-state index is 12.1. The van der Waals surface area contributed by atoms with Crippen LogP contribution in [0.1, 0.15) is 38.2 Å². The van der Waals surface area contributed by atoms with Crippen molar-refractivity contribution in [3.05, 3.63) is 48.5 Å². The Labute approximate surface area is 155 Å². The molecule has 26 heavy (non-hydrogen) atoms. The molecule has 1 fully saturated rings. The monoisotopic (exact) mass is 355 g/mol. The lowest BCUT2D eigenvalue weighted by molar-refractivity contribution is 0.159. The van der Waals surface area contributed by atoms with E-state index in [1.54, 1.807) is 12.5 Å². The number of carbonyl (C=O) groups is 1. The molecule has 1 aliphatic rings. The van der Waals surface area contributed by atoms with Crippen molar-refractivity contribution in [3.8, 4) is 5.69 Å². The van der Waals surface area contributed by atoms with Crippen LogP contribution in [0.3, 0.4) is 0 Å². The topological polar surface area (TPSA) is 62.2 Å². The largest absolute Gasteiger partial charge is 0.338 e. The molecule has 0 radical (unpaired) electrons. The molecule has 3 rings (SSSR count). The van der Waals surface area contributed by atoms with Gasteiger partial charge in [-0.15, -0.1) is 0 Å². The lowest BCUT2D eigenvalue weighted by Crippen LogP contribution is -2.40. The molecule has 2 N–H and O–H groups in total. The molecule has 0 aliphatic carbocycles. The molecule has 1 unspecified atom stereocenters. The first kappa shape index (κ1) is 18.5. The standard InChI is InChI=1S/C20H29N5O/c1-17-7-4-5-12-24(17)13-6-10-22-20(26)23-15-18-8-2-3-9-19(18)25-14-11-21-16-25/h2-3,8-9,11,14,16-17H,4-7,10,12-13,15H2,1H3,(H2,22,23,26). The lowest BCUT2D eigenvalue weighted by atomic mass is 10.0. The number of nitrogens with one attached hydrogen (secondary N) is 2. The fourth-order valence-electron chi connectivity index (χ4n) is 3.53. The first-order valence-electron chi connectivity index (χ1n) is 9.56. The number of hydrogen-bond acceptors (Lipinski definition) is 3. The number of imidazole rings is 1. The number of carbonyl (C=O) groups excluding carboxylic acids is 1. The highest BCUT2D eigenvalue weighted by molar-refractivity contribution is 5.73. The third kappa shape index (κ3) is 5.08. The van der Waals surface area contributed by atoms with Crippen LogP contribution in [0.15, 0.2) is 43.0 Å². The van der Waals surface area contributed by atoms with Gasteiger partial charge in [-0.05, 0) is 44.4 Å². The number of para-hydroxylation sites is 1. The molecule has 1 aromatic heterocycles. The van der Waals surface area contributed by atoms with Crippen molar-refractivity contribution >= 4 is 6.03 Å². The van der Waals surface area contributed by atoms with Crippen molar-refractivity contribution < 1.29 is 4.79 Å². The third-order valence-electron chi connectivity index (χ3n) is 5.06. The molecule has 1 aliphatic heterocycles. The second-order valence-corrected chi connectivity index (χ2v) is 6.94. The van der Waals surface area contributed by atoms with Crippen LogP contribution in [0.25, 0.3) is 5.69 Å². The van der Waals surface area contributed by atoms with E-state index >= 15 is 0 Å². The van der Waals surface area contributed by atoms with E-state index in [-0.39, 0.29) is 6.03 Å². The minimum absolute atomic E-state index is 0.114. The summed E-state index contributed by atoms with van der Waals surface area (Å²) < 4.78 is 1.95. The van der Waals surface area contributed by atoms with E-state index in [4.69, 9.17) is 0 Å². The van der Waals surface area contributed by atoms with Crippen LogP contribution in [-0.2, 0) is 6.54 Å². The molecule has 0 spiro atoms. The fraction of sp³-hybridized carbons (Fsp3) is 0.500. The SMILES string of the molecule is CC1CCCCN1CCCNC(=O)NCc1ccccc1-n1ccnc1. The predicted molar refractivity (Wildman–Crippen MR) is 103 cm³/mol. The quantitative estimate of drug-likeness (QED) is 0.751. The Morgan fingerprint density at radius 1 is 1.27 bits per heavy atom. The zero-order valence-corrected chi connectivity index (χ0v) is 15.5. The van der Waals surface area contributed by atoms with Gasteiger partial charge in [-0.3, -0.25) is 0 Å². The van der Waals surface area contributed by atoms with E-state index in [1.165, 1.54) is 25.8 Å². The molecule has 2 amide bonds.